The number of hydroxylamine groups is 1. The number of hydrogen-bond acceptors (Lipinski definition) is 6. The average Bonchev–Trinajstić information content (AvgIpc) is 2.34. The van der Waals surface area contributed by atoms with Crippen LogP contribution >= 0.6 is 0 Å². The van der Waals surface area contributed by atoms with Crippen LogP contribution in [0.4, 0.5) is 0 Å². The van der Waals surface area contributed by atoms with E-state index in [1.165, 1.54) is 6.33 Å². The van der Waals surface area contributed by atoms with Gasteiger partial charge in [-0.15, -0.1) is 0 Å². The second kappa shape index (κ2) is 7.03. The molecule has 0 saturated carbocycles. The lowest BCUT2D eigenvalue weighted by Gasteiger charge is -2.12. The Balaban J connectivity index is 2.61. The minimum absolute atomic E-state index is 0.430. The van der Waals surface area contributed by atoms with Crippen molar-refractivity contribution >= 4 is 0 Å². The fraction of sp³-hybridized carbons (Fsp3) is 0.636. The van der Waals surface area contributed by atoms with Crippen molar-refractivity contribution in [2.45, 2.75) is 20.4 Å². The lowest BCUT2D eigenvalue weighted by Crippen LogP contribution is -2.18. The van der Waals surface area contributed by atoms with Crippen LogP contribution in [0.5, 0.6) is 11.8 Å². The topological polar surface area (TPSA) is 65.5 Å². The zero-order chi connectivity index (χ0) is 12.7. The van der Waals surface area contributed by atoms with E-state index in [0.717, 1.165) is 5.56 Å². The second-order valence-corrected chi connectivity index (χ2v) is 3.90. The Morgan fingerprint density at radius 1 is 1.18 bits per heavy atom. The second-order valence-electron chi connectivity index (χ2n) is 3.90. The summed E-state index contributed by atoms with van der Waals surface area (Å²) in [6.07, 6.45) is 1.40. The highest BCUT2D eigenvalue weighted by Gasteiger charge is 2.12. The zero-order valence-electron chi connectivity index (χ0n) is 10.7. The predicted octanol–water partition coefficient (Wildman–Crippen LogP) is 1.17. The van der Waals surface area contributed by atoms with E-state index in [2.05, 4.69) is 29.3 Å². The van der Waals surface area contributed by atoms with Crippen LogP contribution in [0, 0.1) is 5.92 Å². The molecule has 0 bridgehead atoms. The molecule has 6 heteroatoms. The van der Waals surface area contributed by atoms with E-state index in [1.807, 2.05) is 0 Å². The van der Waals surface area contributed by atoms with Gasteiger partial charge in [-0.25, -0.2) is 9.97 Å². The molecular formula is C11H19N3O3. The van der Waals surface area contributed by atoms with Gasteiger partial charge in [0, 0.05) is 0 Å². The summed E-state index contributed by atoms with van der Waals surface area (Å²) in [5, 5.41) is 0. The highest BCUT2D eigenvalue weighted by atomic mass is 16.6. The smallest absolute Gasteiger partial charge is 0.224 e. The fourth-order valence-corrected chi connectivity index (χ4v) is 1.23. The summed E-state index contributed by atoms with van der Waals surface area (Å²) in [5.41, 5.74) is 3.58. The average molecular weight is 241 g/mol. The Labute approximate surface area is 101 Å². The van der Waals surface area contributed by atoms with E-state index in [0.29, 0.717) is 30.8 Å². The van der Waals surface area contributed by atoms with Crippen molar-refractivity contribution in [2.24, 2.45) is 5.92 Å². The predicted molar refractivity (Wildman–Crippen MR) is 62.8 cm³/mol. The molecule has 0 aliphatic rings. The van der Waals surface area contributed by atoms with Crippen LogP contribution in [-0.2, 0) is 11.4 Å². The summed E-state index contributed by atoms with van der Waals surface area (Å²) < 4.78 is 10.3. The van der Waals surface area contributed by atoms with Gasteiger partial charge in [-0.05, 0) is 5.92 Å². The van der Waals surface area contributed by atoms with Crippen LogP contribution in [0.15, 0.2) is 6.33 Å². The van der Waals surface area contributed by atoms with Gasteiger partial charge in [0.15, 0.2) is 0 Å². The van der Waals surface area contributed by atoms with Gasteiger partial charge in [-0.3, -0.25) is 0 Å². The standard InChI is InChI=1S/C11H19N3O3/c1-8(2)6-17-14-5-9-10(15-3)12-7-13-11(9)16-4/h7-8,14H,5-6H2,1-4H3. The summed E-state index contributed by atoms with van der Waals surface area (Å²) in [6.45, 7) is 5.22. The van der Waals surface area contributed by atoms with Crippen molar-refractivity contribution in [2.75, 3.05) is 20.8 Å². The molecule has 6 nitrogen and oxygen atoms in total. The van der Waals surface area contributed by atoms with E-state index < -0.39 is 0 Å². The molecule has 0 atom stereocenters. The molecule has 1 heterocycles. The SMILES string of the molecule is COc1ncnc(OC)c1CNOCC(C)C. The molecule has 17 heavy (non-hydrogen) atoms. The number of rotatable bonds is 7. The number of nitrogens with zero attached hydrogens (tertiary/aromatic N) is 2. The lowest BCUT2D eigenvalue weighted by molar-refractivity contribution is 0.0188. The monoisotopic (exact) mass is 241 g/mol. The maximum absolute atomic E-state index is 5.28. The minimum Gasteiger partial charge on any atom is -0.481 e. The minimum atomic E-state index is 0.430. The summed E-state index contributed by atoms with van der Waals surface area (Å²) >= 11 is 0. The van der Waals surface area contributed by atoms with Gasteiger partial charge in [-0.2, -0.15) is 5.48 Å². The third-order valence-corrected chi connectivity index (χ3v) is 2.02. The van der Waals surface area contributed by atoms with Crippen LogP contribution in [0.1, 0.15) is 19.4 Å². The van der Waals surface area contributed by atoms with Gasteiger partial charge in [-0.1, -0.05) is 13.8 Å². The van der Waals surface area contributed by atoms with Crippen LogP contribution in [-0.4, -0.2) is 30.8 Å². The third kappa shape index (κ3) is 4.16. The first kappa shape index (κ1) is 13.7. The van der Waals surface area contributed by atoms with E-state index in [-0.39, 0.29) is 0 Å². The molecule has 96 valence electrons. The lowest BCUT2D eigenvalue weighted by atomic mass is 10.2. The quantitative estimate of drug-likeness (QED) is 0.571. The van der Waals surface area contributed by atoms with Crippen molar-refractivity contribution in [1.82, 2.24) is 15.4 Å². The Bertz CT molecular complexity index is 322. The Hall–Kier alpha value is -1.40. The van der Waals surface area contributed by atoms with Crippen molar-refractivity contribution < 1.29 is 14.3 Å². The van der Waals surface area contributed by atoms with Crippen molar-refractivity contribution in [3.8, 4) is 11.8 Å². The Morgan fingerprint density at radius 3 is 2.24 bits per heavy atom. The van der Waals surface area contributed by atoms with E-state index in [9.17, 15) is 0 Å². The molecule has 0 radical (unpaired) electrons. The molecule has 0 saturated heterocycles. The van der Waals surface area contributed by atoms with Crippen LogP contribution in [0.25, 0.3) is 0 Å². The number of aromatic nitrogens is 2. The van der Waals surface area contributed by atoms with Crippen LogP contribution in [0.3, 0.4) is 0 Å². The van der Waals surface area contributed by atoms with Gasteiger partial charge in [0.2, 0.25) is 11.8 Å². The summed E-state index contributed by atoms with van der Waals surface area (Å²) in [5.74, 6) is 1.44. The number of nitrogens with one attached hydrogen (secondary N) is 1. The van der Waals surface area contributed by atoms with E-state index in [4.69, 9.17) is 14.3 Å². The van der Waals surface area contributed by atoms with Crippen molar-refractivity contribution in [3.63, 3.8) is 0 Å². The molecule has 1 aromatic rings. The first-order chi connectivity index (χ1) is 8.19. The van der Waals surface area contributed by atoms with Crippen LogP contribution in [0.2, 0.25) is 0 Å². The highest BCUT2D eigenvalue weighted by Crippen LogP contribution is 2.22. The van der Waals surface area contributed by atoms with Gasteiger partial charge >= 0.3 is 0 Å². The molecular weight excluding hydrogens is 222 g/mol. The summed E-state index contributed by atoms with van der Waals surface area (Å²) in [7, 11) is 3.11. The van der Waals surface area contributed by atoms with Crippen molar-refractivity contribution in [3.05, 3.63) is 11.9 Å². The molecule has 1 rings (SSSR count). The molecule has 0 fully saturated rings. The number of ether oxygens (including phenoxy) is 2. The summed E-state index contributed by atoms with van der Waals surface area (Å²) in [6, 6.07) is 0. The molecule has 0 amide bonds. The zero-order valence-corrected chi connectivity index (χ0v) is 10.7. The third-order valence-electron chi connectivity index (χ3n) is 2.02. The Morgan fingerprint density at radius 2 is 1.76 bits per heavy atom. The first-order valence-electron chi connectivity index (χ1n) is 5.45. The molecule has 0 aliphatic carbocycles. The maximum atomic E-state index is 5.28. The molecule has 0 aromatic carbocycles. The van der Waals surface area contributed by atoms with Gasteiger partial charge < -0.3 is 14.3 Å². The number of hydrogen-bond donors (Lipinski definition) is 1. The molecule has 0 spiro atoms. The Kier molecular flexibility index (Phi) is 5.65. The molecule has 0 unspecified atom stereocenters. The van der Waals surface area contributed by atoms with Crippen molar-refractivity contribution in [1.29, 1.82) is 0 Å². The first-order valence-corrected chi connectivity index (χ1v) is 5.45. The highest BCUT2D eigenvalue weighted by molar-refractivity contribution is 5.33. The largest absolute Gasteiger partial charge is 0.481 e. The van der Waals surface area contributed by atoms with Gasteiger partial charge in [0.1, 0.15) is 6.33 Å². The van der Waals surface area contributed by atoms with Crippen LogP contribution < -0.4 is 15.0 Å². The number of methoxy groups -OCH3 is 2. The van der Waals surface area contributed by atoms with Gasteiger partial charge in [0.25, 0.3) is 0 Å². The fourth-order valence-electron chi connectivity index (χ4n) is 1.23. The molecule has 1 N–H and O–H groups in total. The maximum Gasteiger partial charge on any atom is 0.224 e. The normalized spacial score (nSPS) is 10.6. The molecule has 1 aromatic heterocycles. The van der Waals surface area contributed by atoms with E-state index >= 15 is 0 Å². The van der Waals surface area contributed by atoms with Gasteiger partial charge in [0.05, 0.1) is 32.9 Å². The summed E-state index contributed by atoms with van der Waals surface area (Å²) in [4.78, 5) is 13.3. The van der Waals surface area contributed by atoms with E-state index in [1.54, 1.807) is 14.2 Å². The molecule has 0 aliphatic heterocycles.